The van der Waals surface area contributed by atoms with Crippen molar-refractivity contribution in [1.82, 2.24) is 4.90 Å². The van der Waals surface area contributed by atoms with Gasteiger partial charge in [-0.1, -0.05) is 28.1 Å². The minimum absolute atomic E-state index is 0.0215. The van der Waals surface area contributed by atoms with Crippen LogP contribution in [-0.4, -0.2) is 23.5 Å². The highest BCUT2D eigenvalue weighted by atomic mass is 79.9. The monoisotopic (exact) mass is 317 g/mol. The van der Waals surface area contributed by atoms with Gasteiger partial charge in [0.15, 0.2) is 0 Å². The van der Waals surface area contributed by atoms with Crippen LogP contribution >= 0.6 is 15.9 Å². The van der Waals surface area contributed by atoms with Crippen LogP contribution in [0.25, 0.3) is 0 Å². The number of alkyl halides is 2. The predicted molar refractivity (Wildman–Crippen MR) is 72.9 cm³/mol. The highest BCUT2D eigenvalue weighted by Gasteiger charge is 2.49. The molecule has 0 saturated carbocycles. The molecule has 0 amide bonds. The molecule has 4 heteroatoms. The van der Waals surface area contributed by atoms with Crippen molar-refractivity contribution in [2.24, 2.45) is 5.92 Å². The SMILES string of the molecule is CC(C)(C)N1CC(C(F)(F)c2ccc(Br)cc2)C1. The molecule has 0 atom stereocenters. The van der Waals surface area contributed by atoms with Crippen LogP contribution in [-0.2, 0) is 5.92 Å². The Morgan fingerprint density at radius 3 is 2.06 bits per heavy atom. The molecule has 1 saturated heterocycles. The van der Waals surface area contributed by atoms with Crippen LogP contribution in [0.2, 0.25) is 0 Å². The first-order chi connectivity index (χ1) is 8.21. The summed E-state index contributed by atoms with van der Waals surface area (Å²) in [6.07, 6.45) is 0. The Balaban J connectivity index is 2.08. The maximum atomic E-state index is 14.3. The van der Waals surface area contributed by atoms with Crippen LogP contribution in [0.3, 0.4) is 0 Å². The highest BCUT2D eigenvalue weighted by Crippen LogP contribution is 2.43. The second kappa shape index (κ2) is 4.57. The van der Waals surface area contributed by atoms with E-state index in [4.69, 9.17) is 0 Å². The van der Waals surface area contributed by atoms with Gasteiger partial charge < -0.3 is 0 Å². The molecule has 0 aliphatic carbocycles. The lowest BCUT2D eigenvalue weighted by Gasteiger charge is -2.50. The zero-order valence-electron chi connectivity index (χ0n) is 10.9. The zero-order valence-corrected chi connectivity index (χ0v) is 12.5. The second-order valence-electron chi connectivity index (χ2n) is 5.90. The molecule has 1 aromatic rings. The number of hydrogen-bond acceptors (Lipinski definition) is 1. The van der Waals surface area contributed by atoms with Gasteiger partial charge in [-0.25, -0.2) is 8.78 Å². The van der Waals surface area contributed by atoms with E-state index in [9.17, 15) is 8.78 Å². The van der Waals surface area contributed by atoms with E-state index >= 15 is 0 Å². The van der Waals surface area contributed by atoms with Gasteiger partial charge in [0.1, 0.15) is 0 Å². The maximum Gasteiger partial charge on any atom is 0.278 e. The smallest absolute Gasteiger partial charge is 0.278 e. The average molecular weight is 318 g/mol. The summed E-state index contributed by atoms with van der Waals surface area (Å²) >= 11 is 3.26. The normalized spacial score (nSPS) is 18.8. The quantitative estimate of drug-likeness (QED) is 0.787. The summed E-state index contributed by atoms with van der Waals surface area (Å²) in [6, 6.07) is 6.35. The van der Waals surface area contributed by atoms with Gasteiger partial charge in [0.05, 0.1) is 5.92 Å². The Bertz CT molecular complexity index is 416. The molecular weight excluding hydrogens is 300 g/mol. The lowest BCUT2D eigenvalue weighted by atomic mass is 9.85. The van der Waals surface area contributed by atoms with Crippen LogP contribution in [0.5, 0.6) is 0 Å². The van der Waals surface area contributed by atoms with Gasteiger partial charge in [-0.15, -0.1) is 0 Å². The Labute approximate surface area is 115 Å². The summed E-state index contributed by atoms with van der Waals surface area (Å²) in [6.45, 7) is 7.10. The Kier molecular flexibility index (Phi) is 3.54. The van der Waals surface area contributed by atoms with Gasteiger partial charge in [-0.2, -0.15) is 0 Å². The van der Waals surface area contributed by atoms with Gasteiger partial charge in [0.25, 0.3) is 5.92 Å². The Morgan fingerprint density at radius 1 is 1.11 bits per heavy atom. The van der Waals surface area contributed by atoms with Gasteiger partial charge in [0, 0.05) is 28.7 Å². The summed E-state index contributed by atoms with van der Waals surface area (Å²) in [5.74, 6) is -3.31. The van der Waals surface area contributed by atoms with E-state index in [1.54, 1.807) is 12.1 Å². The van der Waals surface area contributed by atoms with Crippen molar-refractivity contribution < 1.29 is 8.78 Å². The Morgan fingerprint density at radius 2 is 1.61 bits per heavy atom. The van der Waals surface area contributed by atoms with Crippen molar-refractivity contribution in [3.05, 3.63) is 34.3 Å². The van der Waals surface area contributed by atoms with Crippen molar-refractivity contribution in [2.45, 2.75) is 32.2 Å². The van der Waals surface area contributed by atoms with E-state index in [0.717, 1.165) is 4.47 Å². The summed E-state index contributed by atoms with van der Waals surface area (Å²) < 4.78 is 29.3. The fourth-order valence-corrected chi connectivity index (χ4v) is 2.43. The van der Waals surface area contributed by atoms with Gasteiger partial charge in [-0.05, 0) is 32.9 Å². The topological polar surface area (TPSA) is 3.24 Å². The molecule has 0 spiro atoms. The Hall–Kier alpha value is -0.480. The fraction of sp³-hybridized carbons (Fsp3) is 0.571. The average Bonchev–Trinajstić information content (AvgIpc) is 2.12. The maximum absolute atomic E-state index is 14.3. The molecule has 1 heterocycles. The molecule has 0 aromatic heterocycles. The van der Waals surface area contributed by atoms with Gasteiger partial charge >= 0.3 is 0 Å². The summed E-state index contributed by atoms with van der Waals surface area (Å²) in [5.41, 5.74) is 0.0935. The van der Waals surface area contributed by atoms with E-state index in [0.29, 0.717) is 13.1 Å². The van der Waals surface area contributed by atoms with Crippen molar-refractivity contribution in [3.63, 3.8) is 0 Å². The summed E-state index contributed by atoms with van der Waals surface area (Å²) in [5, 5.41) is 0. The fourth-order valence-electron chi connectivity index (χ4n) is 2.16. The third-order valence-corrected chi connectivity index (χ3v) is 4.10. The van der Waals surface area contributed by atoms with Crippen LogP contribution in [0.4, 0.5) is 8.78 Å². The molecule has 1 aliphatic heterocycles. The number of hydrogen-bond donors (Lipinski definition) is 0. The van der Waals surface area contributed by atoms with Crippen LogP contribution in [0, 0.1) is 5.92 Å². The predicted octanol–water partition coefficient (Wildman–Crippen LogP) is 4.27. The van der Waals surface area contributed by atoms with Crippen molar-refractivity contribution in [1.29, 1.82) is 0 Å². The zero-order chi connectivity index (χ0) is 13.6. The molecule has 2 rings (SSSR count). The first-order valence-corrected chi connectivity index (χ1v) is 6.89. The molecule has 1 aromatic carbocycles. The van der Waals surface area contributed by atoms with E-state index < -0.39 is 11.8 Å². The minimum atomic E-state index is -2.73. The molecular formula is C14H18BrF2N. The molecule has 100 valence electrons. The van der Waals surface area contributed by atoms with E-state index in [-0.39, 0.29) is 11.1 Å². The molecule has 0 bridgehead atoms. The van der Waals surface area contributed by atoms with Crippen molar-refractivity contribution in [2.75, 3.05) is 13.1 Å². The minimum Gasteiger partial charge on any atom is -0.297 e. The van der Waals surface area contributed by atoms with Gasteiger partial charge in [-0.3, -0.25) is 4.90 Å². The van der Waals surface area contributed by atoms with E-state index in [1.165, 1.54) is 12.1 Å². The number of rotatable bonds is 2. The summed E-state index contributed by atoms with van der Waals surface area (Å²) in [7, 11) is 0. The number of halogens is 3. The van der Waals surface area contributed by atoms with E-state index in [1.807, 2.05) is 0 Å². The number of nitrogens with zero attached hydrogens (tertiary/aromatic N) is 1. The molecule has 0 radical (unpaired) electrons. The van der Waals surface area contributed by atoms with Crippen LogP contribution in [0.1, 0.15) is 26.3 Å². The van der Waals surface area contributed by atoms with Crippen LogP contribution < -0.4 is 0 Å². The highest BCUT2D eigenvalue weighted by molar-refractivity contribution is 9.10. The first-order valence-electron chi connectivity index (χ1n) is 6.10. The molecule has 1 fully saturated rings. The third-order valence-electron chi connectivity index (χ3n) is 3.57. The number of likely N-dealkylation sites (tertiary alicyclic amines) is 1. The third kappa shape index (κ3) is 2.59. The van der Waals surface area contributed by atoms with E-state index in [2.05, 4.69) is 41.6 Å². The lowest BCUT2D eigenvalue weighted by molar-refractivity contribution is -0.143. The van der Waals surface area contributed by atoms with Crippen molar-refractivity contribution >= 4 is 15.9 Å². The van der Waals surface area contributed by atoms with Crippen molar-refractivity contribution in [3.8, 4) is 0 Å². The largest absolute Gasteiger partial charge is 0.297 e. The second-order valence-corrected chi connectivity index (χ2v) is 6.82. The molecule has 0 N–H and O–H groups in total. The molecule has 1 nitrogen and oxygen atoms in total. The summed E-state index contributed by atoms with van der Waals surface area (Å²) in [4.78, 5) is 2.09. The molecule has 18 heavy (non-hydrogen) atoms. The molecule has 0 unspecified atom stereocenters. The lowest BCUT2D eigenvalue weighted by Crippen LogP contribution is -2.60. The standard InChI is InChI=1S/C14H18BrF2N/c1-13(2,3)18-8-11(9-18)14(16,17)10-4-6-12(15)7-5-10/h4-7,11H,8-9H2,1-3H3. The van der Waals surface area contributed by atoms with Crippen LogP contribution in [0.15, 0.2) is 28.7 Å². The number of benzene rings is 1. The molecule has 1 aliphatic rings. The first kappa shape index (κ1) is 13.9. The van der Waals surface area contributed by atoms with Gasteiger partial charge in [0.2, 0.25) is 0 Å².